The van der Waals surface area contributed by atoms with Gasteiger partial charge in [0.2, 0.25) is 0 Å². The molecule has 148 valence electrons. The van der Waals surface area contributed by atoms with E-state index >= 15 is 0 Å². The topological polar surface area (TPSA) is 83.6 Å². The third kappa shape index (κ3) is 5.45. The summed E-state index contributed by atoms with van der Waals surface area (Å²) in [5.41, 5.74) is 2.30. The van der Waals surface area contributed by atoms with Gasteiger partial charge in [-0.3, -0.25) is 4.79 Å². The van der Waals surface area contributed by atoms with E-state index < -0.39 is 0 Å². The summed E-state index contributed by atoms with van der Waals surface area (Å²) in [7, 11) is 0. The van der Waals surface area contributed by atoms with Crippen LogP contribution in [-0.2, 0) is 11.3 Å². The number of pyridine rings is 1. The van der Waals surface area contributed by atoms with Crippen LogP contribution in [0.4, 0.5) is 10.5 Å². The minimum absolute atomic E-state index is 0.196. The normalized spacial score (nSPS) is 14.4. The molecule has 0 bridgehead atoms. The number of amides is 2. The van der Waals surface area contributed by atoms with Gasteiger partial charge in [-0.2, -0.15) is 0 Å². The van der Waals surface area contributed by atoms with Gasteiger partial charge in [-0.15, -0.1) is 0 Å². The van der Waals surface area contributed by atoms with E-state index in [9.17, 15) is 9.59 Å². The van der Waals surface area contributed by atoms with Crippen molar-refractivity contribution in [2.75, 3.05) is 25.0 Å². The fraction of sp³-hybridized carbons (Fsp3) is 0.381. The van der Waals surface area contributed by atoms with Crippen molar-refractivity contribution in [2.24, 2.45) is 0 Å². The molecule has 0 aliphatic carbocycles. The maximum absolute atomic E-state index is 12.2. The van der Waals surface area contributed by atoms with Crippen molar-refractivity contribution in [3.8, 4) is 0 Å². The molecule has 0 atom stereocenters. The van der Waals surface area contributed by atoms with Gasteiger partial charge in [-0.1, -0.05) is 30.3 Å². The largest absolute Gasteiger partial charge is 0.450 e. The molecule has 0 unspecified atom stereocenters. The predicted octanol–water partition coefficient (Wildman–Crippen LogP) is 3.04. The van der Waals surface area contributed by atoms with Crippen LogP contribution in [0.25, 0.3) is 0 Å². The van der Waals surface area contributed by atoms with Gasteiger partial charge in [0.1, 0.15) is 5.69 Å². The van der Waals surface area contributed by atoms with Crippen LogP contribution in [0, 0.1) is 0 Å². The van der Waals surface area contributed by atoms with Crippen molar-refractivity contribution in [3.63, 3.8) is 0 Å². The van der Waals surface area contributed by atoms with Crippen LogP contribution in [0.3, 0.4) is 0 Å². The van der Waals surface area contributed by atoms with Gasteiger partial charge in [0.25, 0.3) is 5.91 Å². The average Bonchev–Trinajstić information content (AvgIpc) is 2.74. The lowest BCUT2D eigenvalue weighted by Crippen LogP contribution is -2.42. The lowest BCUT2D eigenvalue weighted by molar-refractivity contribution is 0.0944. The van der Waals surface area contributed by atoms with Gasteiger partial charge in [0.05, 0.1) is 18.5 Å². The van der Waals surface area contributed by atoms with Crippen LogP contribution < -0.4 is 10.6 Å². The molecule has 3 rings (SSSR count). The number of benzene rings is 1. The van der Waals surface area contributed by atoms with Gasteiger partial charge >= 0.3 is 6.09 Å². The summed E-state index contributed by atoms with van der Waals surface area (Å²) < 4.78 is 5.04. The first-order valence-electron chi connectivity index (χ1n) is 9.62. The van der Waals surface area contributed by atoms with Crippen LogP contribution in [0.2, 0.25) is 0 Å². The number of carbonyl (C=O) groups excluding carboxylic acids is 2. The second-order valence-electron chi connectivity index (χ2n) is 6.70. The van der Waals surface area contributed by atoms with Gasteiger partial charge in [-0.05, 0) is 37.5 Å². The molecule has 1 saturated heterocycles. The summed E-state index contributed by atoms with van der Waals surface area (Å²) >= 11 is 0. The maximum Gasteiger partial charge on any atom is 0.409 e. The smallest absolute Gasteiger partial charge is 0.409 e. The molecule has 2 heterocycles. The minimum atomic E-state index is -0.242. The second-order valence-corrected chi connectivity index (χ2v) is 6.70. The molecule has 2 N–H and O–H groups in total. The van der Waals surface area contributed by atoms with Crippen molar-refractivity contribution in [1.82, 2.24) is 15.2 Å². The van der Waals surface area contributed by atoms with Crippen molar-refractivity contribution in [2.45, 2.75) is 32.4 Å². The molecule has 0 radical (unpaired) electrons. The molecule has 1 aromatic carbocycles. The van der Waals surface area contributed by atoms with Crippen molar-refractivity contribution in [3.05, 3.63) is 59.9 Å². The SMILES string of the molecule is CCOC(=O)N1CCC(Nc2ccc(C(=O)NCc3ccccc3)nc2)CC1. The van der Waals surface area contributed by atoms with E-state index in [1.54, 1.807) is 17.2 Å². The van der Waals surface area contributed by atoms with Gasteiger partial charge in [0.15, 0.2) is 0 Å². The molecular weight excluding hydrogens is 356 g/mol. The molecule has 2 amide bonds. The summed E-state index contributed by atoms with van der Waals surface area (Å²) in [6.45, 7) is 4.02. The zero-order valence-electron chi connectivity index (χ0n) is 16.1. The molecule has 7 heteroatoms. The van der Waals surface area contributed by atoms with Crippen molar-refractivity contribution >= 4 is 17.7 Å². The van der Waals surface area contributed by atoms with Gasteiger partial charge < -0.3 is 20.3 Å². The summed E-state index contributed by atoms with van der Waals surface area (Å²) in [6, 6.07) is 13.6. The standard InChI is InChI=1S/C21H26N4O3/c1-2-28-21(27)25-12-10-17(11-13-25)24-18-8-9-19(22-15-18)20(26)23-14-16-6-4-3-5-7-16/h3-9,15,17,24H,2,10-14H2,1H3,(H,23,26). The number of aromatic nitrogens is 1. The number of piperidine rings is 1. The van der Waals surface area contributed by atoms with E-state index in [1.165, 1.54) is 0 Å². The Balaban J connectivity index is 1.45. The number of anilines is 1. The summed E-state index contributed by atoms with van der Waals surface area (Å²) in [6.07, 6.45) is 3.12. The van der Waals surface area contributed by atoms with E-state index in [0.717, 1.165) is 24.1 Å². The Kier molecular flexibility index (Phi) is 6.84. The van der Waals surface area contributed by atoms with Crippen LogP contribution in [0.15, 0.2) is 48.7 Å². The molecule has 0 saturated carbocycles. The molecule has 1 aliphatic heterocycles. The number of carbonyl (C=O) groups is 2. The Labute approximate surface area is 165 Å². The molecule has 2 aromatic rings. The Morgan fingerprint density at radius 1 is 1.14 bits per heavy atom. The molecule has 1 fully saturated rings. The molecule has 28 heavy (non-hydrogen) atoms. The highest BCUT2D eigenvalue weighted by Crippen LogP contribution is 2.17. The third-order valence-corrected chi connectivity index (χ3v) is 4.68. The van der Waals surface area contributed by atoms with Crippen LogP contribution in [0.5, 0.6) is 0 Å². The number of ether oxygens (including phenoxy) is 1. The van der Waals surface area contributed by atoms with Gasteiger partial charge in [-0.25, -0.2) is 9.78 Å². The van der Waals surface area contributed by atoms with Crippen molar-refractivity contribution < 1.29 is 14.3 Å². The van der Waals surface area contributed by atoms with E-state index in [1.807, 2.05) is 43.3 Å². The summed E-state index contributed by atoms with van der Waals surface area (Å²) in [4.78, 5) is 30.0. The first-order chi connectivity index (χ1) is 13.7. The summed E-state index contributed by atoms with van der Waals surface area (Å²) in [5, 5.41) is 6.29. The minimum Gasteiger partial charge on any atom is -0.450 e. The Hall–Kier alpha value is -3.09. The number of hydrogen-bond acceptors (Lipinski definition) is 5. The quantitative estimate of drug-likeness (QED) is 0.802. The number of likely N-dealkylation sites (tertiary alicyclic amines) is 1. The lowest BCUT2D eigenvalue weighted by atomic mass is 10.1. The van der Waals surface area contributed by atoms with E-state index in [4.69, 9.17) is 4.74 Å². The molecule has 1 aliphatic rings. The molecule has 1 aromatic heterocycles. The fourth-order valence-electron chi connectivity index (χ4n) is 3.14. The van der Waals surface area contributed by atoms with Crippen LogP contribution in [-0.4, -0.2) is 47.6 Å². The average molecular weight is 382 g/mol. The molecular formula is C21H26N4O3. The zero-order valence-corrected chi connectivity index (χ0v) is 16.1. The van der Waals surface area contributed by atoms with E-state index in [2.05, 4.69) is 15.6 Å². The Morgan fingerprint density at radius 3 is 2.54 bits per heavy atom. The number of hydrogen-bond donors (Lipinski definition) is 2. The first kappa shape index (κ1) is 19.7. The predicted molar refractivity (Wildman–Crippen MR) is 107 cm³/mol. The van der Waals surface area contributed by atoms with Crippen LogP contribution >= 0.6 is 0 Å². The lowest BCUT2D eigenvalue weighted by Gasteiger charge is -2.32. The number of nitrogens with one attached hydrogen (secondary N) is 2. The number of rotatable bonds is 6. The van der Waals surface area contributed by atoms with Gasteiger partial charge in [0, 0.05) is 25.7 Å². The molecule has 7 nitrogen and oxygen atoms in total. The Bertz CT molecular complexity index is 772. The summed E-state index contributed by atoms with van der Waals surface area (Å²) in [5.74, 6) is -0.196. The highest BCUT2D eigenvalue weighted by molar-refractivity contribution is 5.92. The fourth-order valence-corrected chi connectivity index (χ4v) is 3.14. The van der Waals surface area contributed by atoms with Crippen molar-refractivity contribution in [1.29, 1.82) is 0 Å². The zero-order chi connectivity index (χ0) is 19.8. The van der Waals surface area contributed by atoms with E-state index in [-0.39, 0.29) is 18.0 Å². The number of nitrogens with zero attached hydrogens (tertiary/aromatic N) is 2. The highest BCUT2D eigenvalue weighted by atomic mass is 16.6. The van der Waals surface area contributed by atoms with E-state index in [0.29, 0.717) is 31.9 Å². The molecule has 0 spiro atoms. The monoisotopic (exact) mass is 382 g/mol. The highest BCUT2D eigenvalue weighted by Gasteiger charge is 2.23. The third-order valence-electron chi connectivity index (χ3n) is 4.68. The first-order valence-corrected chi connectivity index (χ1v) is 9.62. The van der Waals surface area contributed by atoms with Crippen LogP contribution in [0.1, 0.15) is 35.8 Å². The second kappa shape index (κ2) is 9.73. The Morgan fingerprint density at radius 2 is 1.89 bits per heavy atom. The maximum atomic E-state index is 12.2.